The summed E-state index contributed by atoms with van der Waals surface area (Å²) in [5.74, 6) is -1.95. The van der Waals surface area contributed by atoms with Crippen LogP contribution < -0.4 is 5.32 Å². The van der Waals surface area contributed by atoms with Gasteiger partial charge in [0.15, 0.2) is 0 Å². The first-order valence-corrected chi connectivity index (χ1v) is 9.47. The molecule has 1 unspecified atom stereocenters. The van der Waals surface area contributed by atoms with Gasteiger partial charge in [-0.05, 0) is 53.8 Å². The maximum Gasteiger partial charge on any atom is 0.335 e. The lowest BCUT2D eigenvalue weighted by Gasteiger charge is -2.29. The van der Waals surface area contributed by atoms with E-state index in [9.17, 15) is 24.3 Å². The number of carbonyl (C=O) groups excluding carboxylic acids is 3. The average Bonchev–Trinajstić information content (AvgIpc) is 3.03. The molecule has 3 amide bonds. The normalized spacial score (nSPS) is 18.3. The van der Waals surface area contributed by atoms with E-state index in [1.54, 1.807) is 29.2 Å². The van der Waals surface area contributed by atoms with Crippen molar-refractivity contribution in [1.82, 2.24) is 10.2 Å². The van der Waals surface area contributed by atoms with Gasteiger partial charge in [0.1, 0.15) is 0 Å². The number of carboxylic acid groups (broad SMARTS) is 1. The fraction of sp³-hybridized carbons (Fsp3) is 0.273. The number of aromatic carboxylic acids is 1. The van der Waals surface area contributed by atoms with E-state index in [0.29, 0.717) is 31.5 Å². The Bertz CT molecular complexity index is 1010. The van der Waals surface area contributed by atoms with Crippen LogP contribution in [-0.4, -0.2) is 40.2 Å². The smallest absolute Gasteiger partial charge is 0.335 e. The Labute approximate surface area is 167 Å². The summed E-state index contributed by atoms with van der Waals surface area (Å²) in [5, 5.41) is 11.5. The Morgan fingerprint density at radius 3 is 2.41 bits per heavy atom. The van der Waals surface area contributed by atoms with Crippen molar-refractivity contribution in [1.29, 1.82) is 0 Å². The summed E-state index contributed by atoms with van der Waals surface area (Å²) in [6, 6.07) is 12.1. The van der Waals surface area contributed by atoms with E-state index < -0.39 is 5.97 Å². The predicted octanol–water partition coefficient (Wildman–Crippen LogP) is 1.79. The van der Waals surface area contributed by atoms with Crippen molar-refractivity contribution in [3.8, 4) is 0 Å². The van der Waals surface area contributed by atoms with Crippen LogP contribution in [0, 0.1) is 5.92 Å². The molecule has 2 heterocycles. The molecule has 0 bridgehead atoms. The zero-order chi connectivity index (χ0) is 20.5. The predicted molar refractivity (Wildman–Crippen MR) is 103 cm³/mol. The molecular formula is C22H20N2O5. The highest BCUT2D eigenvalue weighted by Gasteiger charge is 2.30. The van der Waals surface area contributed by atoms with Gasteiger partial charge < -0.3 is 10.0 Å². The van der Waals surface area contributed by atoms with Gasteiger partial charge >= 0.3 is 5.97 Å². The molecule has 2 aliphatic heterocycles. The molecule has 2 aromatic carbocycles. The van der Waals surface area contributed by atoms with Gasteiger partial charge in [-0.25, -0.2) is 4.79 Å². The quantitative estimate of drug-likeness (QED) is 0.772. The maximum atomic E-state index is 12.9. The number of imide groups is 1. The molecule has 7 heteroatoms. The zero-order valence-electron chi connectivity index (χ0n) is 15.7. The van der Waals surface area contributed by atoms with E-state index in [0.717, 1.165) is 16.7 Å². The van der Waals surface area contributed by atoms with E-state index in [2.05, 4.69) is 5.32 Å². The van der Waals surface area contributed by atoms with E-state index in [1.807, 2.05) is 18.2 Å². The molecule has 0 aromatic heterocycles. The first-order chi connectivity index (χ1) is 13.9. The maximum absolute atomic E-state index is 12.9. The Hall–Kier alpha value is -3.48. The standard InChI is InChI=1S/C22H20N2O5/c25-19-11-17(20(26)23-19)9-13-1-3-15(4-2-13)21(27)24-8-7-14-5-6-16(22(28)29)10-18(14)12-24/h1-6,10,17H,7-9,11-12H2,(H,28,29)(H,23,25,26). The van der Waals surface area contributed by atoms with Crippen LogP contribution in [0.1, 0.15) is 43.8 Å². The van der Waals surface area contributed by atoms with Crippen LogP contribution in [-0.2, 0) is 29.0 Å². The average molecular weight is 392 g/mol. The van der Waals surface area contributed by atoms with E-state index in [-0.39, 0.29) is 35.6 Å². The highest BCUT2D eigenvalue weighted by molar-refractivity contribution is 6.03. The molecule has 148 valence electrons. The lowest BCUT2D eigenvalue weighted by Crippen LogP contribution is -2.36. The van der Waals surface area contributed by atoms with E-state index in [1.165, 1.54) is 0 Å². The fourth-order valence-electron chi connectivity index (χ4n) is 3.89. The van der Waals surface area contributed by atoms with Gasteiger partial charge in [0.05, 0.1) is 11.5 Å². The number of nitrogens with one attached hydrogen (secondary N) is 1. The van der Waals surface area contributed by atoms with Gasteiger partial charge in [0.2, 0.25) is 11.8 Å². The van der Waals surface area contributed by atoms with Crippen molar-refractivity contribution in [2.45, 2.75) is 25.8 Å². The molecule has 0 spiro atoms. The van der Waals surface area contributed by atoms with Gasteiger partial charge in [0.25, 0.3) is 5.91 Å². The van der Waals surface area contributed by atoms with Crippen molar-refractivity contribution in [3.63, 3.8) is 0 Å². The molecule has 1 atom stereocenters. The van der Waals surface area contributed by atoms with Crippen molar-refractivity contribution in [2.75, 3.05) is 6.54 Å². The summed E-state index contributed by atoms with van der Waals surface area (Å²) in [4.78, 5) is 48.8. The summed E-state index contributed by atoms with van der Waals surface area (Å²) in [6.45, 7) is 0.950. The molecule has 1 saturated heterocycles. The van der Waals surface area contributed by atoms with Crippen LogP contribution in [0.4, 0.5) is 0 Å². The van der Waals surface area contributed by atoms with Crippen LogP contribution >= 0.6 is 0 Å². The second-order valence-corrected chi connectivity index (χ2v) is 7.48. The summed E-state index contributed by atoms with van der Waals surface area (Å²) in [5.41, 5.74) is 3.58. The van der Waals surface area contributed by atoms with Crippen LogP contribution in [0.5, 0.6) is 0 Å². The molecule has 1 fully saturated rings. The number of fused-ring (bicyclic) bond motifs is 1. The lowest BCUT2D eigenvalue weighted by molar-refractivity contribution is -0.125. The Morgan fingerprint density at radius 2 is 1.76 bits per heavy atom. The molecule has 29 heavy (non-hydrogen) atoms. The number of nitrogens with zero attached hydrogens (tertiary/aromatic N) is 1. The monoisotopic (exact) mass is 392 g/mol. The minimum absolute atomic E-state index is 0.114. The zero-order valence-corrected chi connectivity index (χ0v) is 15.7. The summed E-state index contributed by atoms with van der Waals surface area (Å²) in [6.07, 6.45) is 1.34. The fourth-order valence-corrected chi connectivity index (χ4v) is 3.89. The Kier molecular flexibility index (Phi) is 4.88. The van der Waals surface area contributed by atoms with Gasteiger partial charge in [-0.1, -0.05) is 18.2 Å². The van der Waals surface area contributed by atoms with Crippen molar-refractivity contribution in [3.05, 3.63) is 70.3 Å². The molecule has 0 saturated carbocycles. The second-order valence-electron chi connectivity index (χ2n) is 7.48. The Balaban J connectivity index is 1.44. The molecular weight excluding hydrogens is 372 g/mol. The second kappa shape index (κ2) is 7.50. The van der Waals surface area contributed by atoms with E-state index in [4.69, 9.17) is 0 Å². The largest absolute Gasteiger partial charge is 0.478 e. The van der Waals surface area contributed by atoms with Crippen molar-refractivity contribution < 1.29 is 24.3 Å². The molecule has 0 aliphatic carbocycles. The number of benzene rings is 2. The third-order valence-electron chi connectivity index (χ3n) is 5.50. The third kappa shape index (κ3) is 3.89. The number of hydrogen-bond acceptors (Lipinski definition) is 4. The van der Waals surface area contributed by atoms with Crippen LogP contribution in [0.25, 0.3) is 0 Å². The van der Waals surface area contributed by atoms with E-state index >= 15 is 0 Å². The third-order valence-corrected chi connectivity index (χ3v) is 5.50. The Morgan fingerprint density at radius 1 is 1.03 bits per heavy atom. The summed E-state index contributed by atoms with van der Waals surface area (Å²) >= 11 is 0. The van der Waals surface area contributed by atoms with Crippen LogP contribution in [0.15, 0.2) is 42.5 Å². The van der Waals surface area contributed by atoms with Crippen molar-refractivity contribution >= 4 is 23.7 Å². The minimum Gasteiger partial charge on any atom is -0.478 e. The number of carboxylic acids is 1. The molecule has 7 nitrogen and oxygen atoms in total. The molecule has 2 aliphatic rings. The minimum atomic E-state index is -0.982. The first-order valence-electron chi connectivity index (χ1n) is 9.47. The number of carbonyl (C=O) groups is 4. The SMILES string of the molecule is O=C1CC(Cc2ccc(C(=O)N3CCc4ccc(C(=O)O)cc4C3)cc2)C(=O)N1. The van der Waals surface area contributed by atoms with Crippen LogP contribution in [0.3, 0.4) is 0 Å². The van der Waals surface area contributed by atoms with Gasteiger partial charge in [-0.15, -0.1) is 0 Å². The number of amides is 3. The lowest BCUT2D eigenvalue weighted by atomic mass is 9.95. The highest BCUT2D eigenvalue weighted by Crippen LogP contribution is 2.23. The summed E-state index contributed by atoms with van der Waals surface area (Å²) in [7, 11) is 0. The molecule has 4 rings (SSSR count). The number of rotatable bonds is 4. The summed E-state index contributed by atoms with van der Waals surface area (Å²) < 4.78 is 0. The highest BCUT2D eigenvalue weighted by atomic mass is 16.4. The first kappa shape index (κ1) is 18.9. The van der Waals surface area contributed by atoms with Gasteiger partial charge in [0, 0.05) is 25.1 Å². The number of hydrogen-bond donors (Lipinski definition) is 2. The molecule has 2 aromatic rings. The van der Waals surface area contributed by atoms with Crippen molar-refractivity contribution in [2.24, 2.45) is 5.92 Å². The topological polar surface area (TPSA) is 104 Å². The van der Waals surface area contributed by atoms with Gasteiger partial charge in [-0.2, -0.15) is 0 Å². The van der Waals surface area contributed by atoms with Crippen LogP contribution in [0.2, 0.25) is 0 Å². The van der Waals surface area contributed by atoms with Gasteiger partial charge in [-0.3, -0.25) is 19.7 Å². The molecule has 2 N–H and O–H groups in total. The molecule has 0 radical (unpaired) electrons.